The first-order chi connectivity index (χ1) is 13.5. The summed E-state index contributed by atoms with van der Waals surface area (Å²) in [5, 5.41) is 10.3. The molecule has 1 aliphatic rings. The average molecular weight is 384 g/mol. The van der Waals surface area contributed by atoms with E-state index in [1.165, 1.54) is 6.92 Å². The maximum absolute atomic E-state index is 11.3. The van der Waals surface area contributed by atoms with E-state index in [9.17, 15) is 9.90 Å². The number of aliphatic hydroxyl groups is 1. The lowest BCUT2D eigenvalue weighted by Crippen LogP contribution is -2.49. The third-order valence-electron chi connectivity index (χ3n) is 4.96. The van der Waals surface area contributed by atoms with Crippen LogP contribution in [0.2, 0.25) is 0 Å². The van der Waals surface area contributed by atoms with E-state index < -0.39 is 6.10 Å². The molecule has 1 atom stereocenters. The first-order valence-corrected chi connectivity index (χ1v) is 9.58. The Labute approximate surface area is 166 Å². The van der Waals surface area contributed by atoms with Gasteiger partial charge in [0.15, 0.2) is 5.78 Å². The third-order valence-corrected chi connectivity index (χ3v) is 4.96. The number of aliphatic hydroxyl groups excluding tert-OH is 1. The van der Waals surface area contributed by atoms with Crippen molar-refractivity contribution in [2.45, 2.75) is 13.0 Å². The summed E-state index contributed by atoms with van der Waals surface area (Å²) in [5.41, 5.74) is 1.82. The minimum Gasteiger partial charge on any atom is -0.497 e. The molecule has 150 valence electrons. The normalized spacial score (nSPS) is 15.9. The van der Waals surface area contributed by atoms with E-state index >= 15 is 0 Å². The molecule has 0 aliphatic carbocycles. The van der Waals surface area contributed by atoms with E-state index in [1.807, 2.05) is 12.1 Å². The summed E-state index contributed by atoms with van der Waals surface area (Å²) in [7, 11) is 1.68. The molecular weight excluding hydrogens is 356 g/mol. The van der Waals surface area contributed by atoms with Crippen molar-refractivity contribution in [1.29, 1.82) is 0 Å². The number of methoxy groups -OCH3 is 1. The monoisotopic (exact) mass is 384 g/mol. The summed E-state index contributed by atoms with van der Waals surface area (Å²) in [6.07, 6.45) is -0.559. The zero-order valence-electron chi connectivity index (χ0n) is 16.5. The lowest BCUT2D eigenvalue weighted by Gasteiger charge is -2.37. The Bertz CT molecular complexity index is 770. The lowest BCUT2D eigenvalue weighted by molar-refractivity contribution is 0.0663. The number of hydrogen-bond donors (Lipinski definition) is 1. The van der Waals surface area contributed by atoms with Crippen molar-refractivity contribution in [3.05, 3.63) is 54.1 Å². The van der Waals surface area contributed by atoms with Crippen LogP contribution in [0.1, 0.15) is 17.3 Å². The largest absolute Gasteiger partial charge is 0.497 e. The van der Waals surface area contributed by atoms with Crippen LogP contribution < -0.4 is 14.4 Å². The number of ether oxygens (including phenoxy) is 2. The summed E-state index contributed by atoms with van der Waals surface area (Å²) >= 11 is 0. The van der Waals surface area contributed by atoms with Gasteiger partial charge in [0, 0.05) is 50.0 Å². The maximum atomic E-state index is 11.3. The second kappa shape index (κ2) is 9.57. The van der Waals surface area contributed by atoms with Gasteiger partial charge in [-0.05, 0) is 43.3 Å². The predicted molar refractivity (Wildman–Crippen MR) is 110 cm³/mol. The summed E-state index contributed by atoms with van der Waals surface area (Å²) < 4.78 is 10.9. The lowest BCUT2D eigenvalue weighted by atomic mass is 10.1. The standard InChI is InChI=1S/C22H28N2O4/c1-17(25)18-6-8-21(9-7-18)28-16-20(26)15-23-10-12-24(13-11-23)19-4-3-5-22(14-19)27-2/h3-9,14,20,26H,10-13,15-16H2,1-2H3. The van der Waals surface area contributed by atoms with Gasteiger partial charge in [-0.15, -0.1) is 0 Å². The molecule has 6 nitrogen and oxygen atoms in total. The Morgan fingerprint density at radius 3 is 2.43 bits per heavy atom. The number of β-amino-alcohol motifs (C(OH)–C–C–N with tert-alkyl or cyclic N) is 1. The molecule has 2 aromatic rings. The topological polar surface area (TPSA) is 62.2 Å². The number of rotatable bonds is 8. The number of anilines is 1. The van der Waals surface area contributed by atoms with Crippen LogP contribution >= 0.6 is 0 Å². The predicted octanol–water partition coefficient (Wildman–Crippen LogP) is 2.46. The second-order valence-electron chi connectivity index (χ2n) is 7.03. The Hall–Kier alpha value is -2.57. The van der Waals surface area contributed by atoms with Crippen molar-refractivity contribution in [2.24, 2.45) is 0 Å². The molecule has 1 saturated heterocycles. The Morgan fingerprint density at radius 2 is 1.79 bits per heavy atom. The molecule has 0 bridgehead atoms. The van der Waals surface area contributed by atoms with Crippen molar-refractivity contribution in [1.82, 2.24) is 4.90 Å². The summed E-state index contributed by atoms with van der Waals surface area (Å²) in [5.74, 6) is 1.55. The van der Waals surface area contributed by atoms with Crippen LogP contribution in [-0.4, -0.2) is 68.3 Å². The highest BCUT2D eigenvalue weighted by atomic mass is 16.5. The Morgan fingerprint density at radius 1 is 1.07 bits per heavy atom. The SMILES string of the molecule is COc1cccc(N2CCN(CC(O)COc3ccc(C(C)=O)cc3)CC2)c1. The van der Waals surface area contributed by atoms with Crippen molar-refractivity contribution in [3.8, 4) is 11.5 Å². The highest BCUT2D eigenvalue weighted by molar-refractivity contribution is 5.94. The van der Waals surface area contributed by atoms with E-state index in [2.05, 4.69) is 21.9 Å². The molecule has 2 aromatic carbocycles. The van der Waals surface area contributed by atoms with Gasteiger partial charge in [0.1, 0.15) is 24.2 Å². The zero-order chi connectivity index (χ0) is 19.9. The molecular formula is C22H28N2O4. The first kappa shape index (κ1) is 20.2. The van der Waals surface area contributed by atoms with Crippen LogP contribution in [0.15, 0.2) is 48.5 Å². The molecule has 1 heterocycles. The molecule has 1 fully saturated rings. The van der Waals surface area contributed by atoms with Crippen LogP contribution in [0.3, 0.4) is 0 Å². The van der Waals surface area contributed by atoms with Gasteiger partial charge in [-0.2, -0.15) is 0 Å². The number of carbonyl (C=O) groups is 1. The fourth-order valence-electron chi connectivity index (χ4n) is 3.32. The number of hydrogen-bond acceptors (Lipinski definition) is 6. The molecule has 1 aliphatic heterocycles. The van der Waals surface area contributed by atoms with Gasteiger partial charge in [-0.25, -0.2) is 0 Å². The van der Waals surface area contributed by atoms with Crippen LogP contribution in [0.25, 0.3) is 0 Å². The van der Waals surface area contributed by atoms with Gasteiger partial charge in [0.05, 0.1) is 7.11 Å². The van der Waals surface area contributed by atoms with Gasteiger partial charge < -0.3 is 19.5 Å². The maximum Gasteiger partial charge on any atom is 0.159 e. The van der Waals surface area contributed by atoms with E-state index in [0.717, 1.165) is 37.6 Å². The number of carbonyl (C=O) groups excluding carboxylic acids is 1. The Balaban J connectivity index is 1.42. The third kappa shape index (κ3) is 5.47. The van der Waals surface area contributed by atoms with E-state index in [0.29, 0.717) is 17.9 Å². The Kier molecular flexibility index (Phi) is 6.90. The van der Waals surface area contributed by atoms with E-state index in [1.54, 1.807) is 31.4 Å². The fraction of sp³-hybridized carbons (Fsp3) is 0.409. The number of Topliss-reactive ketones (excluding diaryl/α,β-unsaturated/α-hetero) is 1. The molecule has 1 unspecified atom stereocenters. The fourth-order valence-corrected chi connectivity index (χ4v) is 3.32. The number of ketones is 1. The van der Waals surface area contributed by atoms with Crippen LogP contribution in [0, 0.1) is 0 Å². The first-order valence-electron chi connectivity index (χ1n) is 9.58. The highest BCUT2D eigenvalue weighted by Gasteiger charge is 2.20. The van der Waals surface area contributed by atoms with Gasteiger partial charge in [-0.1, -0.05) is 6.07 Å². The van der Waals surface area contributed by atoms with Gasteiger partial charge >= 0.3 is 0 Å². The van der Waals surface area contributed by atoms with E-state index in [-0.39, 0.29) is 12.4 Å². The second-order valence-corrected chi connectivity index (χ2v) is 7.03. The number of piperazine rings is 1. The van der Waals surface area contributed by atoms with Crippen molar-refractivity contribution in [2.75, 3.05) is 51.3 Å². The van der Waals surface area contributed by atoms with Crippen LogP contribution in [0.4, 0.5) is 5.69 Å². The minimum absolute atomic E-state index is 0.0275. The van der Waals surface area contributed by atoms with Crippen LogP contribution in [-0.2, 0) is 0 Å². The molecule has 0 saturated carbocycles. The molecule has 0 radical (unpaired) electrons. The zero-order valence-corrected chi connectivity index (χ0v) is 16.5. The highest BCUT2D eigenvalue weighted by Crippen LogP contribution is 2.22. The summed E-state index contributed by atoms with van der Waals surface area (Å²) in [6, 6.07) is 15.1. The van der Waals surface area contributed by atoms with Crippen molar-refractivity contribution < 1.29 is 19.4 Å². The molecule has 6 heteroatoms. The molecule has 1 N–H and O–H groups in total. The molecule has 0 spiro atoms. The molecule has 0 amide bonds. The van der Waals surface area contributed by atoms with Gasteiger partial charge in [0.25, 0.3) is 0 Å². The van der Waals surface area contributed by atoms with Crippen molar-refractivity contribution in [3.63, 3.8) is 0 Å². The molecule has 0 aromatic heterocycles. The molecule has 28 heavy (non-hydrogen) atoms. The summed E-state index contributed by atoms with van der Waals surface area (Å²) in [6.45, 7) is 5.95. The smallest absolute Gasteiger partial charge is 0.159 e. The van der Waals surface area contributed by atoms with Gasteiger partial charge in [0.2, 0.25) is 0 Å². The van der Waals surface area contributed by atoms with Gasteiger partial charge in [-0.3, -0.25) is 9.69 Å². The van der Waals surface area contributed by atoms with Crippen LogP contribution in [0.5, 0.6) is 11.5 Å². The van der Waals surface area contributed by atoms with Crippen molar-refractivity contribution >= 4 is 11.5 Å². The number of benzene rings is 2. The molecule has 3 rings (SSSR count). The number of nitrogens with zero attached hydrogens (tertiary/aromatic N) is 2. The average Bonchev–Trinajstić information content (AvgIpc) is 2.73. The van der Waals surface area contributed by atoms with E-state index in [4.69, 9.17) is 9.47 Å². The summed E-state index contributed by atoms with van der Waals surface area (Å²) in [4.78, 5) is 15.9. The minimum atomic E-state index is -0.559. The quantitative estimate of drug-likeness (QED) is 0.706.